The normalized spacial score (nSPS) is 17.7. The molecule has 1 aromatic carbocycles. The Morgan fingerprint density at radius 2 is 2.07 bits per heavy atom. The Bertz CT molecular complexity index is 332. The number of nitrogens with two attached hydrogens (primary N) is 1. The van der Waals surface area contributed by atoms with Crippen molar-refractivity contribution in [1.82, 2.24) is 0 Å². The third-order valence-electron chi connectivity index (χ3n) is 2.72. The van der Waals surface area contributed by atoms with Gasteiger partial charge in [-0.15, -0.1) is 0 Å². The quantitative estimate of drug-likeness (QED) is 0.755. The summed E-state index contributed by atoms with van der Waals surface area (Å²) in [5.41, 5.74) is 7.70. The minimum atomic E-state index is 0.279. The lowest BCUT2D eigenvalue weighted by Gasteiger charge is -2.23. The second-order valence-corrected chi connectivity index (χ2v) is 3.95. The highest BCUT2D eigenvalue weighted by Gasteiger charge is 2.15. The maximum atomic E-state index is 5.83. The highest BCUT2D eigenvalue weighted by atomic mass is 16.5. The molecule has 0 spiro atoms. The average Bonchev–Trinajstić information content (AvgIpc) is 2.25. The second-order valence-electron chi connectivity index (χ2n) is 3.95. The van der Waals surface area contributed by atoms with E-state index in [4.69, 9.17) is 15.2 Å². The number of aryl methyl sites for hydroxylation is 1. The molecule has 3 nitrogen and oxygen atoms in total. The van der Waals surface area contributed by atoms with E-state index in [0.717, 1.165) is 43.1 Å². The van der Waals surface area contributed by atoms with Crippen LogP contribution in [-0.4, -0.2) is 19.3 Å². The average molecular weight is 207 g/mol. The van der Waals surface area contributed by atoms with Crippen LogP contribution in [0.1, 0.15) is 18.4 Å². The standard InChI is InChI=1S/C12H17NO2/c1-9-2-3-11(8-12(9)13)15-10-4-6-14-7-5-10/h2-3,8,10H,4-7,13H2,1H3. The molecule has 2 N–H and O–H groups in total. The molecule has 0 unspecified atom stereocenters. The highest BCUT2D eigenvalue weighted by molar-refractivity contribution is 5.50. The minimum Gasteiger partial charge on any atom is -0.490 e. The van der Waals surface area contributed by atoms with Crippen molar-refractivity contribution in [2.45, 2.75) is 25.9 Å². The van der Waals surface area contributed by atoms with Gasteiger partial charge in [0.15, 0.2) is 0 Å². The van der Waals surface area contributed by atoms with Crippen LogP contribution in [0.25, 0.3) is 0 Å². The molecule has 0 saturated carbocycles. The molecule has 0 aromatic heterocycles. The van der Waals surface area contributed by atoms with Crippen molar-refractivity contribution in [3.8, 4) is 5.75 Å². The van der Waals surface area contributed by atoms with Crippen LogP contribution in [-0.2, 0) is 4.74 Å². The Morgan fingerprint density at radius 3 is 2.73 bits per heavy atom. The maximum Gasteiger partial charge on any atom is 0.121 e. The lowest BCUT2D eigenvalue weighted by Crippen LogP contribution is -2.25. The van der Waals surface area contributed by atoms with E-state index >= 15 is 0 Å². The zero-order valence-corrected chi connectivity index (χ0v) is 9.03. The molecule has 1 aromatic rings. The van der Waals surface area contributed by atoms with E-state index in [1.165, 1.54) is 0 Å². The van der Waals surface area contributed by atoms with Gasteiger partial charge >= 0.3 is 0 Å². The first-order valence-corrected chi connectivity index (χ1v) is 5.36. The van der Waals surface area contributed by atoms with Gasteiger partial charge < -0.3 is 15.2 Å². The molecule has 0 atom stereocenters. The molecule has 82 valence electrons. The molecule has 1 aliphatic heterocycles. The summed E-state index contributed by atoms with van der Waals surface area (Å²) < 4.78 is 11.1. The number of nitrogen functional groups attached to an aromatic ring is 1. The minimum absolute atomic E-state index is 0.279. The van der Waals surface area contributed by atoms with Crippen molar-refractivity contribution in [2.24, 2.45) is 0 Å². The lowest BCUT2D eigenvalue weighted by molar-refractivity contribution is 0.0256. The monoisotopic (exact) mass is 207 g/mol. The molecule has 1 fully saturated rings. The fraction of sp³-hybridized carbons (Fsp3) is 0.500. The van der Waals surface area contributed by atoms with Crippen LogP contribution in [0.2, 0.25) is 0 Å². The molecule has 0 aliphatic carbocycles. The summed E-state index contributed by atoms with van der Waals surface area (Å²) in [4.78, 5) is 0. The molecular weight excluding hydrogens is 190 g/mol. The Hall–Kier alpha value is -1.22. The van der Waals surface area contributed by atoms with E-state index in [0.29, 0.717) is 0 Å². The van der Waals surface area contributed by atoms with Gasteiger partial charge in [-0.25, -0.2) is 0 Å². The van der Waals surface area contributed by atoms with E-state index in [-0.39, 0.29) is 6.10 Å². The first-order valence-electron chi connectivity index (χ1n) is 5.36. The number of rotatable bonds is 2. The summed E-state index contributed by atoms with van der Waals surface area (Å²) >= 11 is 0. The van der Waals surface area contributed by atoms with Crippen molar-refractivity contribution < 1.29 is 9.47 Å². The highest BCUT2D eigenvalue weighted by Crippen LogP contribution is 2.22. The summed E-state index contributed by atoms with van der Waals surface area (Å²) in [6.45, 7) is 3.59. The Kier molecular flexibility index (Phi) is 3.11. The Labute approximate surface area is 90.2 Å². The number of anilines is 1. The van der Waals surface area contributed by atoms with Crippen LogP contribution in [0.4, 0.5) is 5.69 Å². The van der Waals surface area contributed by atoms with E-state index in [9.17, 15) is 0 Å². The van der Waals surface area contributed by atoms with Crippen LogP contribution in [0.15, 0.2) is 18.2 Å². The molecule has 2 rings (SSSR count). The van der Waals surface area contributed by atoms with E-state index in [1.807, 2.05) is 25.1 Å². The number of hydrogen-bond acceptors (Lipinski definition) is 3. The lowest BCUT2D eigenvalue weighted by atomic mass is 10.1. The third kappa shape index (κ3) is 2.63. The van der Waals surface area contributed by atoms with Gasteiger partial charge in [-0.3, -0.25) is 0 Å². The smallest absolute Gasteiger partial charge is 0.121 e. The van der Waals surface area contributed by atoms with E-state index < -0.39 is 0 Å². The van der Waals surface area contributed by atoms with Crippen LogP contribution >= 0.6 is 0 Å². The van der Waals surface area contributed by atoms with Gasteiger partial charge in [0.05, 0.1) is 13.2 Å². The van der Waals surface area contributed by atoms with Gasteiger partial charge in [0.1, 0.15) is 11.9 Å². The predicted molar refractivity (Wildman–Crippen MR) is 60.1 cm³/mol. The fourth-order valence-corrected chi connectivity index (χ4v) is 1.68. The zero-order valence-electron chi connectivity index (χ0n) is 9.03. The molecule has 1 heterocycles. The van der Waals surface area contributed by atoms with Gasteiger partial charge in [0.2, 0.25) is 0 Å². The van der Waals surface area contributed by atoms with Crippen molar-refractivity contribution >= 4 is 5.69 Å². The molecule has 15 heavy (non-hydrogen) atoms. The first-order chi connectivity index (χ1) is 7.25. The van der Waals surface area contributed by atoms with Crippen molar-refractivity contribution in [1.29, 1.82) is 0 Å². The topological polar surface area (TPSA) is 44.5 Å². The summed E-state index contributed by atoms with van der Waals surface area (Å²) in [6.07, 6.45) is 2.21. The Balaban J connectivity index is 2.00. The summed E-state index contributed by atoms with van der Waals surface area (Å²) in [5.74, 6) is 0.866. The largest absolute Gasteiger partial charge is 0.490 e. The second kappa shape index (κ2) is 4.53. The van der Waals surface area contributed by atoms with Gasteiger partial charge in [-0.05, 0) is 18.6 Å². The summed E-state index contributed by atoms with van der Waals surface area (Å²) in [5, 5.41) is 0. The molecule has 0 amide bonds. The van der Waals surface area contributed by atoms with E-state index in [2.05, 4.69) is 0 Å². The number of hydrogen-bond donors (Lipinski definition) is 1. The SMILES string of the molecule is Cc1ccc(OC2CCOCC2)cc1N. The zero-order chi connectivity index (χ0) is 10.7. The van der Waals surface area contributed by atoms with Crippen LogP contribution < -0.4 is 10.5 Å². The molecule has 0 radical (unpaired) electrons. The van der Waals surface area contributed by atoms with E-state index in [1.54, 1.807) is 0 Å². The van der Waals surface area contributed by atoms with Crippen LogP contribution in [0.5, 0.6) is 5.75 Å². The molecule has 0 bridgehead atoms. The van der Waals surface area contributed by atoms with Crippen LogP contribution in [0, 0.1) is 6.92 Å². The first kappa shape index (κ1) is 10.3. The fourth-order valence-electron chi connectivity index (χ4n) is 1.68. The van der Waals surface area contributed by atoms with Gasteiger partial charge in [0.25, 0.3) is 0 Å². The number of benzene rings is 1. The molecular formula is C12H17NO2. The van der Waals surface area contributed by atoms with Crippen molar-refractivity contribution in [3.63, 3.8) is 0 Å². The summed E-state index contributed by atoms with van der Waals surface area (Å²) in [7, 11) is 0. The summed E-state index contributed by atoms with van der Waals surface area (Å²) in [6, 6.07) is 5.86. The van der Waals surface area contributed by atoms with Gasteiger partial charge in [0, 0.05) is 24.6 Å². The Morgan fingerprint density at radius 1 is 1.33 bits per heavy atom. The molecule has 1 saturated heterocycles. The maximum absolute atomic E-state index is 5.83. The molecule has 1 aliphatic rings. The predicted octanol–water partition coefficient (Wildman–Crippen LogP) is 2.14. The van der Waals surface area contributed by atoms with Crippen molar-refractivity contribution in [2.75, 3.05) is 18.9 Å². The molecule has 3 heteroatoms. The van der Waals surface area contributed by atoms with Gasteiger partial charge in [-0.2, -0.15) is 0 Å². The third-order valence-corrected chi connectivity index (χ3v) is 2.72. The van der Waals surface area contributed by atoms with Gasteiger partial charge in [-0.1, -0.05) is 6.07 Å². The number of ether oxygens (including phenoxy) is 2. The van der Waals surface area contributed by atoms with Crippen molar-refractivity contribution in [3.05, 3.63) is 23.8 Å². The van der Waals surface area contributed by atoms with Crippen LogP contribution in [0.3, 0.4) is 0 Å².